The second kappa shape index (κ2) is 8.26. The Kier molecular flexibility index (Phi) is 6.03. The standard InChI is InChI=1S/C19H24FN3O2S/c1-21-26(24,25)19-7-5-16(6-8-19)14-22-9-11-23(12-10-22)15-17-3-2-4-18(20)13-17/h2-8,13,21H,9-12,14-15H2,1H3. The van der Waals surface area contributed by atoms with Crippen LogP contribution < -0.4 is 4.72 Å². The molecule has 1 heterocycles. The molecule has 0 aromatic heterocycles. The summed E-state index contributed by atoms with van der Waals surface area (Å²) in [5.41, 5.74) is 2.10. The molecule has 0 aliphatic carbocycles. The van der Waals surface area contributed by atoms with Crippen molar-refractivity contribution >= 4 is 10.0 Å². The molecule has 1 aliphatic heterocycles. The number of sulfonamides is 1. The molecule has 26 heavy (non-hydrogen) atoms. The van der Waals surface area contributed by atoms with Crippen LogP contribution in [0, 0.1) is 5.82 Å². The minimum atomic E-state index is -3.39. The molecule has 2 aromatic rings. The van der Waals surface area contributed by atoms with Crippen molar-refractivity contribution in [1.29, 1.82) is 0 Å². The molecular formula is C19H24FN3O2S. The molecular weight excluding hydrogens is 353 g/mol. The Labute approximate surface area is 154 Å². The first-order valence-electron chi connectivity index (χ1n) is 8.68. The van der Waals surface area contributed by atoms with Gasteiger partial charge < -0.3 is 0 Å². The molecule has 0 atom stereocenters. The summed E-state index contributed by atoms with van der Waals surface area (Å²) in [6.45, 7) is 5.30. The average molecular weight is 377 g/mol. The van der Waals surface area contributed by atoms with Crippen molar-refractivity contribution < 1.29 is 12.8 Å². The molecule has 0 amide bonds. The zero-order valence-electron chi connectivity index (χ0n) is 14.9. The van der Waals surface area contributed by atoms with Crippen LogP contribution in [-0.4, -0.2) is 51.4 Å². The predicted molar refractivity (Wildman–Crippen MR) is 99.6 cm³/mol. The minimum Gasteiger partial charge on any atom is -0.297 e. The third-order valence-electron chi connectivity index (χ3n) is 4.67. The maximum atomic E-state index is 13.3. The number of benzene rings is 2. The first kappa shape index (κ1) is 19.0. The number of hydrogen-bond acceptors (Lipinski definition) is 4. The summed E-state index contributed by atoms with van der Waals surface area (Å²) in [5, 5.41) is 0. The van der Waals surface area contributed by atoms with Gasteiger partial charge in [0.05, 0.1) is 4.90 Å². The van der Waals surface area contributed by atoms with Gasteiger partial charge in [0.1, 0.15) is 5.82 Å². The van der Waals surface area contributed by atoms with Gasteiger partial charge in [-0.2, -0.15) is 0 Å². The maximum absolute atomic E-state index is 13.3. The van der Waals surface area contributed by atoms with Crippen LogP contribution in [0.15, 0.2) is 53.4 Å². The quantitative estimate of drug-likeness (QED) is 0.837. The number of halogens is 1. The summed E-state index contributed by atoms with van der Waals surface area (Å²) in [6, 6.07) is 13.8. The van der Waals surface area contributed by atoms with Gasteiger partial charge in [-0.15, -0.1) is 0 Å². The topological polar surface area (TPSA) is 52.7 Å². The lowest BCUT2D eigenvalue weighted by atomic mass is 10.1. The van der Waals surface area contributed by atoms with Gasteiger partial charge in [0.25, 0.3) is 0 Å². The van der Waals surface area contributed by atoms with E-state index in [-0.39, 0.29) is 10.7 Å². The Hall–Kier alpha value is -1.80. The molecule has 1 N–H and O–H groups in total. The Balaban J connectivity index is 1.51. The summed E-state index contributed by atoms with van der Waals surface area (Å²) in [4.78, 5) is 4.96. The Morgan fingerprint density at radius 1 is 0.923 bits per heavy atom. The second-order valence-electron chi connectivity index (χ2n) is 6.53. The number of nitrogens with one attached hydrogen (secondary N) is 1. The zero-order chi connectivity index (χ0) is 18.6. The van der Waals surface area contributed by atoms with Crippen LogP contribution in [0.2, 0.25) is 0 Å². The Bertz CT molecular complexity index is 832. The van der Waals surface area contributed by atoms with E-state index in [1.165, 1.54) is 13.1 Å². The van der Waals surface area contributed by atoms with Gasteiger partial charge in [0, 0.05) is 39.3 Å². The molecule has 0 radical (unpaired) electrons. The Morgan fingerprint density at radius 3 is 2.04 bits per heavy atom. The van der Waals surface area contributed by atoms with Gasteiger partial charge in [0.2, 0.25) is 10.0 Å². The zero-order valence-corrected chi connectivity index (χ0v) is 15.7. The fraction of sp³-hybridized carbons (Fsp3) is 0.368. The first-order valence-corrected chi connectivity index (χ1v) is 10.2. The number of piperazine rings is 1. The summed E-state index contributed by atoms with van der Waals surface area (Å²) in [7, 11) is -1.98. The van der Waals surface area contributed by atoms with Gasteiger partial charge in [0.15, 0.2) is 0 Å². The highest BCUT2D eigenvalue weighted by atomic mass is 32.2. The summed E-state index contributed by atoms with van der Waals surface area (Å²) >= 11 is 0. The van der Waals surface area contributed by atoms with Crippen LogP contribution >= 0.6 is 0 Å². The smallest absolute Gasteiger partial charge is 0.240 e. The van der Waals surface area contributed by atoms with Crippen LogP contribution in [0.5, 0.6) is 0 Å². The van der Waals surface area contributed by atoms with E-state index in [1.807, 2.05) is 18.2 Å². The van der Waals surface area contributed by atoms with Crippen LogP contribution in [0.1, 0.15) is 11.1 Å². The van der Waals surface area contributed by atoms with E-state index in [9.17, 15) is 12.8 Å². The molecule has 140 valence electrons. The molecule has 0 spiro atoms. The molecule has 5 nitrogen and oxygen atoms in total. The molecule has 0 saturated carbocycles. The number of hydrogen-bond donors (Lipinski definition) is 1. The summed E-state index contributed by atoms with van der Waals surface area (Å²) in [6.07, 6.45) is 0. The van der Waals surface area contributed by atoms with Crippen LogP contribution in [0.4, 0.5) is 4.39 Å². The van der Waals surface area contributed by atoms with Crippen LogP contribution in [0.25, 0.3) is 0 Å². The first-order chi connectivity index (χ1) is 12.5. The van der Waals surface area contributed by atoms with E-state index in [1.54, 1.807) is 24.3 Å². The van der Waals surface area contributed by atoms with Crippen molar-refractivity contribution in [2.24, 2.45) is 0 Å². The molecule has 1 aliphatic rings. The molecule has 2 aromatic carbocycles. The number of rotatable bonds is 6. The van der Waals surface area contributed by atoms with E-state index in [0.717, 1.165) is 50.4 Å². The lowest BCUT2D eigenvalue weighted by molar-refractivity contribution is 0.122. The van der Waals surface area contributed by atoms with Gasteiger partial charge in [-0.05, 0) is 42.4 Å². The molecule has 0 bridgehead atoms. The lowest BCUT2D eigenvalue weighted by Crippen LogP contribution is -2.45. The monoisotopic (exact) mass is 377 g/mol. The summed E-state index contributed by atoms with van der Waals surface area (Å²) < 4.78 is 39.1. The van der Waals surface area contributed by atoms with Gasteiger partial charge in [-0.25, -0.2) is 17.5 Å². The van der Waals surface area contributed by atoms with Crippen LogP contribution in [0.3, 0.4) is 0 Å². The minimum absolute atomic E-state index is 0.190. The third-order valence-corrected chi connectivity index (χ3v) is 6.10. The third kappa shape index (κ3) is 4.88. The summed E-state index contributed by atoms with van der Waals surface area (Å²) in [5.74, 6) is -0.190. The number of nitrogens with zero attached hydrogens (tertiary/aromatic N) is 2. The molecule has 3 rings (SSSR count). The fourth-order valence-corrected chi connectivity index (χ4v) is 3.88. The Morgan fingerprint density at radius 2 is 1.50 bits per heavy atom. The van der Waals surface area contributed by atoms with Crippen molar-refractivity contribution in [3.05, 3.63) is 65.5 Å². The maximum Gasteiger partial charge on any atom is 0.240 e. The largest absolute Gasteiger partial charge is 0.297 e. The lowest BCUT2D eigenvalue weighted by Gasteiger charge is -2.34. The molecule has 1 saturated heterocycles. The van der Waals surface area contributed by atoms with E-state index in [2.05, 4.69) is 14.5 Å². The van der Waals surface area contributed by atoms with Gasteiger partial charge in [-0.1, -0.05) is 24.3 Å². The van der Waals surface area contributed by atoms with Crippen LogP contribution in [-0.2, 0) is 23.1 Å². The molecule has 1 fully saturated rings. The molecule has 7 heteroatoms. The highest BCUT2D eigenvalue weighted by molar-refractivity contribution is 7.89. The normalized spacial score (nSPS) is 16.7. The second-order valence-corrected chi connectivity index (χ2v) is 8.42. The van der Waals surface area contributed by atoms with E-state index in [4.69, 9.17) is 0 Å². The highest BCUT2D eigenvalue weighted by Gasteiger charge is 2.18. The highest BCUT2D eigenvalue weighted by Crippen LogP contribution is 2.14. The predicted octanol–water partition coefficient (Wildman–Crippen LogP) is 2.05. The fourth-order valence-electron chi connectivity index (χ4n) is 3.15. The average Bonchev–Trinajstić information content (AvgIpc) is 2.64. The van der Waals surface area contributed by atoms with Crippen molar-refractivity contribution in [3.8, 4) is 0 Å². The van der Waals surface area contributed by atoms with Gasteiger partial charge >= 0.3 is 0 Å². The van der Waals surface area contributed by atoms with Crippen molar-refractivity contribution in [3.63, 3.8) is 0 Å². The van der Waals surface area contributed by atoms with Gasteiger partial charge in [-0.3, -0.25) is 9.80 Å². The van der Waals surface area contributed by atoms with Crippen molar-refractivity contribution in [2.75, 3.05) is 33.2 Å². The SMILES string of the molecule is CNS(=O)(=O)c1ccc(CN2CCN(Cc3cccc(F)c3)CC2)cc1. The van der Waals surface area contributed by atoms with E-state index < -0.39 is 10.0 Å². The van der Waals surface area contributed by atoms with Crippen molar-refractivity contribution in [1.82, 2.24) is 14.5 Å². The molecule has 0 unspecified atom stereocenters. The van der Waals surface area contributed by atoms with Crippen molar-refractivity contribution in [2.45, 2.75) is 18.0 Å². The van der Waals surface area contributed by atoms with E-state index in [0.29, 0.717) is 0 Å². The van der Waals surface area contributed by atoms with E-state index >= 15 is 0 Å².